The molecule has 0 aliphatic heterocycles. The SMILES string of the molecule is CO.O=CCC(SCNSc1ccccc1C=O)c1ccccc1. The summed E-state index contributed by atoms with van der Waals surface area (Å²) in [6, 6.07) is 17.5. The smallest absolute Gasteiger partial charge is 0.151 e. The van der Waals surface area contributed by atoms with E-state index in [0.717, 1.165) is 30.1 Å². The predicted octanol–water partition coefficient (Wildman–Crippen LogP) is 3.73. The lowest BCUT2D eigenvalue weighted by atomic mass is 10.1. The fourth-order valence-corrected chi connectivity index (χ4v) is 3.78. The van der Waals surface area contributed by atoms with Crippen molar-refractivity contribution in [1.82, 2.24) is 4.72 Å². The number of aldehydes is 2. The van der Waals surface area contributed by atoms with Crippen LogP contribution in [0.2, 0.25) is 0 Å². The molecule has 2 aromatic carbocycles. The first-order chi connectivity index (χ1) is 11.8. The van der Waals surface area contributed by atoms with Crippen molar-refractivity contribution in [3.8, 4) is 0 Å². The standard InChI is InChI=1S/C17H17NO2S2.CH4O/c19-11-10-16(14-6-2-1-3-7-14)21-13-18-22-17-9-5-4-8-15(17)12-20;1-2/h1-9,11-12,16,18H,10,13H2;2H,1H3. The van der Waals surface area contributed by atoms with E-state index in [0.29, 0.717) is 17.9 Å². The van der Waals surface area contributed by atoms with Gasteiger partial charge in [-0.05, 0) is 23.6 Å². The molecule has 0 heterocycles. The molecule has 0 saturated heterocycles. The van der Waals surface area contributed by atoms with Crippen LogP contribution in [0.15, 0.2) is 59.5 Å². The third kappa shape index (κ3) is 6.88. The summed E-state index contributed by atoms with van der Waals surface area (Å²) in [6.07, 6.45) is 2.31. The summed E-state index contributed by atoms with van der Waals surface area (Å²) >= 11 is 3.12. The molecule has 128 valence electrons. The predicted molar refractivity (Wildman–Crippen MR) is 101 cm³/mol. The third-order valence-corrected chi connectivity index (χ3v) is 5.29. The second-order valence-electron chi connectivity index (χ2n) is 4.51. The molecule has 6 heteroatoms. The minimum absolute atomic E-state index is 0.146. The van der Waals surface area contributed by atoms with Gasteiger partial charge in [-0.2, -0.15) is 0 Å². The molecule has 0 spiro atoms. The summed E-state index contributed by atoms with van der Waals surface area (Å²) < 4.78 is 3.24. The van der Waals surface area contributed by atoms with Gasteiger partial charge in [0.1, 0.15) is 6.29 Å². The van der Waals surface area contributed by atoms with Gasteiger partial charge in [0, 0.05) is 29.2 Å². The maximum atomic E-state index is 11.0. The van der Waals surface area contributed by atoms with Gasteiger partial charge in [0.05, 0.1) is 5.88 Å². The number of carbonyl (C=O) groups is 2. The van der Waals surface area contributed by atoms with Crippen molar-refractivity contribution < 1.29 is 14.7 Å². The van der Waals surface area contributed by atoms with Crippen molar-refractivity contribution in [1.29, 1.82) is 0 Å². The molecule has 0 amide bonds. The average Bonchev–Trinajstić information content (AvgIpc) is 2.67. The fourth-order valence-electron chi connectivity index (χ4n) is 1.97. The lowest BCUT2D eigenvalue weighted by Crippen LogP contribution is -2.06. The fraction of sp³-hybridized carbons (Fsp3) is 0.222. The number of aliphatic hydroxyl groups is 1. The van der Waals surface area contributed by atoms with Crippen LogP contribution in [0.3, 0.4) is 0 Å². The minimum atomic E-state index is 0.146. The van der Waals surface area contributed by atoms with Gasteiger partial charge in [0.2, 0.25) is 0 Å². The summed E-state index contributed by atoms with van der Waals surface area (Å²) in [5, 5.41) is 7.15. The molecular formula is C18H21NO3S2. The molecule has 1 atom stereocenters. The van der Waals surface area contributed by atoms with Gasteiger partial charge in [-0.25, -0.2) is 4.72 Å². The summed E-state index contributed by atoms with van der Waals surface area (Å²) in [7, 11) is 1.00. The van der Waals surface area contributed by atoms with Crippen LogP contribution in [-0.2, 0) is 4.79 Å². The van der Waals surface area contributed by atoms with Gasteiger partial charge in [-0.15, -0.1) is 11.8 Å². The molecule has 0 aliphatic rings. The van der Waals surface area contributed by atoms with E-state index in [9.17, 15) is 9.59 Å². The van der Waals surface area contributed by atoms with Crippen molar-refractivity contribution in [3.63, 3.8) is 0 Å². The minimum Gasteiger partial charge on any atom is -0.400 e. The van der Waals surface area contributed by atoms with Crippen LogP contribution in [0.5, 0.6) is 0 Å². The monoisotopic (exact) mass is 363 g/mol. The van der Waals surface area contributed by atoms with Crippen molar-refractivity contribution >= 4 is 36.3 Å². The van der Waals surface area contributed by atoms with Crippen LogP contribution in [0.4, 0.5) is 0 Å². The maximum Gasteiger partial charge on any atom is 0.151 e. The molecule has 0 radical (unpaired) electrons. The zero-order valence-electron chi connectivity index (χ0n) is 13.4. The Bertz CT molecular complexity index is 608. The quantitative estimate of drug-likeness (QED) is 0.306. The Morgan fingerprint density at radius 2 is 1.71 bits per heavy atom. The Kier molecular flexibility index (Phi) is 10.9. The molecular weight excluding hydrogens is 342 g/mol. The number of nitrogens with one attached hydrogen (secondary N) is 1. The lowest BCUT2D eigenvalue weighted by molar-refractivity contribution is -0.107. The number of carbonyl (C=O) groups excluding carboxylic acids is 2. The highest BCUT2D eigenvalue weighted by Gasteiger charge is 2.11. The first kappa shape index (κ1) is 20.4. The molecule has 2 N–H and O–H groups in total. The molecule has 0 aliphatic carbocycles. The average molecular weight is 364 g/mol. The van der Waals surface area contributed by atoms with Gasteiger partial charge >= 0.3 is 0 Å². The Balaban J connectivity index is 0.00000139. The van der Waals surface area contributed by atoms with Gasteiger partial charge < -0.3 is 9.90 Å². The number of rotatable bonds is 9. The van der Waals surface area contributed by atoms with Gasteiger partial charge in [-0.1, -0.05) is 48.5 Å². The first-order valence-corrected chi connectivity index (χ1v) is 9.20. The van der Waals surface area contributed by atoms with E-state index in [1.165, 1.54) is 11.9 Å². The summed E-state index contributed by atoms with van der Waals surface area (Å²) in [4.78, 5) is 22.7. The van der Waals surface area contributed by atoms with E-state index in [1.54, 1.807) is 17.8 Å². The zero-order chi connectivity index (χ0) is 17.6. The van der Waals surface area contributed by atoms with Gasteiger partial charge in [-0.3, -0.25) is 4.79 Å². The van der Waals surface area contributed by atoms with E-state index < -0.39 is 0 Å². The van der Waals surface area contributed by atoms with E-state index in [2.05, 4.69) is 4.72 Å². The molecule has 0 aromatic heterocycles. The Morgan fingerprint density at radius 3 is 2.38 bits per heavy atom. The summed E-state index contributed by atoms with van der Waals surface area (Å²) in [6.45, 7) is 0. The van der Waals surface area contributed by atoms with Crippen LogP contribution in [0, 0.1) is 0 Å². The Hall–Kier alpha value is -1.60. The highest BCUT2D eigenvalue weighted by Crippen LogP contribution is 2.31. The van der Waals surface area contributed by atoms with Crippen molar-refractivity contribution in [2.24, 2.45) is 0 Å². The van der Waals surface area contributed by atoms with Crippen LogP contribution < -0.4 is 4.72 Å². The largest absolute Gasteiger partial charge is 0.400 e. The highest BCUT2D eigenvalue weighted by atomic mass is 32.2. The number of benzene rings is 2. The van der Waals surface area contributed by atoms with Crippen LogP contribution in [0.25, 0.3) is 0 Å². The number of hydrogen-bond donors (Lipinski definition) is 2. The molecule has 4 nitrogen and oxygen atoms in total. The van der Waals surface area contributed by atoms with Crippen molar-refractivity contribution in [2.75, 3.05) is 13.0 Å². The summed E-state index contributed by atoms with van der Waals surface area (Å²) in [5.74, 6) is 0.686. The van der Waals surface area contributed by atoms with E-state index in [-0.39, 0.29) is 5.25 Å². The second kappa shape index (κ2) is 12.8. The number of thioether (sulfide) groups is 1. The van der Waals surface area contributed by atoms with Crippen LogP contribution >= 0.6 is 23.7 Å². The Morgan fingerprint density at radius 1 is 1.04 bits per heavy atom. The highest BCUT2D eigenvalue weighted by molar-refractivity contribution is 8.01. The number of aliphatic hydroxyl groups excluding tert-OH is 1. The normalized spacial score (nSPS) is 11.1. The maximum absolute atomic E-state index is 11.0. The van der Waals surface area contributed by atoms with Gasteiger partial charge in [0.15, 0.2) is 6.29 Å². The van der Waals surface area contributed by atoms with Crippen molar-refractivity contribution in [3.05, 3.63) is 65.7 Å². The molecule has 1 unspecified atom stereocenters. The lowest BCUT2D eigenvalue weighted by Gasteiger charge is -2.14. The zero-order valence-corrected chi connectivity index (χ0v) is 15.1. The molecule has 24 heavy (non-hydrogen) atoms. The topological polar surface area (TPSA) is 66.4 Å². The first-order valence-electron chi connectivity index (χ1n) is 7.34. The third-order valence-electron chi connectivity index (χ3n) is 3.05. The van der Waals surface area contributed by atoms with Crippen LogP contribution in [-0.4, -0.2) is 30.7 Å². The molecule has 2 rings (SSSR count). The van der Waals surface area contributed by atoms with Crippen LogP contribution in [0.1, 0.15) is 27.6 Å². The van der Waals surface area contributed by atoms with E-state index in [1.807, 2.05) is 48.5 Å². The molecule has 0 saturated carbocycles. The van der Waals surface area contributed by atoms with Crippen molar-refractivity contribution in [2.45, 2.75) is 16.6 Å². The second-order valence-corrected chi connectivity index (χ2v) is 6.64. The molecule has 2 aromatic rings. The molecule has 0 bridgehead atoms. The van der Waals surface area contributed by atoms with Gasteiger partial charge in [0.25, 0.3) is 0 Å². The molecule has 0 fully saturated rings. The van der Waals surface area contributed by atoms with E-state index in [4.69, 9.17) is 5.11 Å². The number of hydrogen-bond acceptors (Lipinski definition) is 6. The summed E-state index contributed by atoms with van der Waals surface area (Å²) in [5.41, 5.74) is 1.83. The Labute approximate surface area is 151 Å². The van der Waals surface area contributed by atoms with E-state index >= 15 is 0 Å².